The molecule has 6 nitrogen and oxygen atoms in total. The van der Waals surface area contributed by atoms with Crippen LogP contribution >= 0.6 is 15.9 Å². The Labute approximate surface area is 118 Å². The van der Waals surface area contributed by atoms with Crippen molar-refractivity contribution in [2.75, 3.05) is 18.6 Å². The Hall–Kier alpha value is -1.76. The van der Waals surface area contributed by atoms with E-state index in [1.54, 1.807) is 6.08 Å². The van der Waals surface area contributed by atoms with E-state index in [4.69, 9.17) is 0 Å². The molecule has 0 aliphatic carbocycles. The molecule has 7 heteroatoms. The Bertz CT molecular complexity index is 547. The van der Waals surface area contributed by atoms with Crippen molar-refractivity contribution in [1.29, 1.82) is 0 Å². The van der Waals surface area contributed by atoms with Crippen LogP contribution in [0.3, 0.4) is 0 Å². The van der Waals surface area contributed by atoms with Crippen molar-refractivity contribution in [3.63, 3.8) is 0 Å². The lowest BCUT2D eigenvalue weighted by atomic mass is 10.1. The van der Waals surface area contributed by atoms with Crippen LogP contribution in [0.5, 0.6) is 0 Å². The zero-order valence-electron chi connectivity index (χ0n) is 10.3. The van der Waals surface area contributed by atoms with Crippen LogP contribution in [0, 0.1) is 5.92 Å². The number of halogens is 1. The Morgan fingerprint density at radius 2 is 2.42 bits per heavy atom. The predicted molar refractivity (Wildman–Crippen MR) is 71.7 cm³/mol. The number of hydrogen-bond donors (Lipinski definition) is 0. The molecule has 0 saturated carbocycles. The van der Waals surface area contributed by atoms with Gasteiger partial charge in [0.25, 0.3) is 0 Å². The van der Waals surface area contributed by atoms with E-state index in [2.05, 4.69) is 37.2 Å². The fraction of sp³-hybridized carbons (Fsp3) is 0.333. The number of ether oxygens (including phenoxy) is 1. The summed E-state index contributed by atoms with van der Waals surface area (Å²) in [5.41, 5.74) is 0.0231. The lowest BCUT2D eigenvalue weighted by molar-refractivity contribution is -0.117. The van der Waals surface area contributed by atoms with Gasteiger partial charge in [0.05, 0.1) is 13.3 Å². The number of rotatable bonds is 3. The van der Waals surface area contributed by atoms with Gasteiger partial charge in [-0.3, -0.25) is 9.69 Å². The Morgan fingerprint density at radius 3 is 3.00 bits per heavy atom. The summed E-state index contributed by atoms with van der Waals surface area (Å²) in [6.07, 6.45) is 3.53. The third-order valence-electron chi connectivity index (χ3n) is 2.85. The standard InChI is InChI=1S/C12H12BrN3O3/c1-3-7-4-9(17)16(6-7)11-10(12(18)19-2)15-8(13)5-14-11/h3,5,7H,1,4,6H2,2H3. The number of aromatic nitrogens is 2. The minimum absolute atomic E-state index is 0.0231. The highest BCUT2D eigenvalue weighted by Crippen LogP contribution is 2.27. The van der Waals surface area contributed by atoms with Crippen molar-refractivity contribution in [3.05, 3.63) is 29.1 Å². The smallest absolute Gasteiger partial charge is 0.360 e. The maximum Gasteiger partial charge on any atom is 0.360 e. The largest absolute Gasteiger partial charge is 0.464 e. The van der Waals surface area contributed by atoms with E-state index >= 15 is 0 Å². The molecule has 1 aliphatic heterocycles. The molecule has 1 aliphatic rings. The van der Waals surface area contributed by atoms with Crippen LogP contribution in [-0.4, -0.2) is 35.5 Å². The van der Waals surface area contributed by atoms with Gasteiger partial charge in [-0.05, 0) is 15.9 Å². The van der Waals surface area contributed by atoms with Crippen LogP contribution in [0.15, 0.2) is 23.5 Å². The third kappa shape index (κ3) is 2.65. The number of anilines is 1. The molecule has 0 spiro atoms. The first-order valence-electron chi connectivity index (χ1n) is 5.60. The summed E-state index contributed by atoms with van der Waals surface area (Å²) in [6.45, 7) is 4.13. The molecule has 1 fully saturated rings. The van der Waals surface area contributed by atoms with E-state index < -0.39 is 5.97 Å². The summed E-state index contributed by atoms with van der Waals surface area (Å²) in [4.78, 5) is 33.2. The molecular formula is C12H12BrN3O3. The molecule has 0 bridgehead atoms. The monoisotopic (exact) mass is 325 g/mol. The van der Waals surface area contributed by atoms with Gasteiger partial charge in [-0.2, -0.15) is 0 Å². The van der Waals surface area contributed by atoms with Crippen molar-refractivity contribution in [1.82, 2.24) is 9.97 Å². The maximum absolute atomic E-state index is 11.9. The average molecular weight is 326 g/mol. The fourth-order valence-electron chi connectivity index (χ4n) is 1.89. The van der Waals surface area contributed by atoms with Crippen LogP contribution in [0.2, 0.25) is 0 Å². The number of nitrogens with zero attached hydrogens (tertiary/aromatic N) is 3. The number of carbonyl (C=O) groups is 2. The molecule has 100 valence electrons. The summed E-state index contributed by atoms with van der Waals surface area (Å²) in [6, 6.07) is 0. The molecule has 2 rings (SSSR count). The van der Waals surface area contributed by atoms with Crippen LogP contribution in [0.25, 0.3) is 0 Å². The molecule has 1 unspecified atom stereocenters. The highest BCUT2D eigenvalue weighted by atomic mass is 79.9. The molecule has 1 aromatic rings. The van der Waals surface area contributed by atoms with Gasteiger partial charge in [0.1, 0.15) is 4.60 Å². The molecule has 1 atom stereocenters. The third-order valence-corrected chi connectivity index (χ3v) is 3.23. The van der Waals surface area contributed by atoms with Gasteiger partial charge >= 0.3 is 5.97 Å². The van der Waals surface area contributed by atoms with E-state index in [9.17, 15) is 9.59 Å². The second kappa shape index (κ2) is 5.48. The normalized spacial score (nSPS) is 18.5. The molecule has 0 N–H and O–H groups in total. The summed E-state index contributed by atoms with van der Waals surface area (Å²) in [7, 11) is 1.26. The fourth-order valence-corrected chi connectivity index (χ4v) is 2.17. The summed E-state index contributed by atoms with van der Waals surface area (Å²) >= 11 is 3.14. The van der Waals surface area contributed by atoms with Gasteiger partial charge < -0.3 is 4.74 Å². The molecule has 1 amide bonds. The van der Waals surface area contributed by atoms with E-state index in [0.717, 1.165) is 0 Å². The van der Waals surface area contributed by atoms with Crippen molar-refractivity contribution in [3.8, 4) is 0 Å². The van der Waals surface area contributed by atoms with Gasteiger partial charge in [0.2, 0.25) is 5.91 Å². The summed E-state index contributed by atoms with van der Waals surface area (Å²) in [5, 5.41) is 0. The van der Waals surface area contributed by atoms with Gasteiger partial charge in [0.15, 0.2) is 11.5 Å². The van der Waals surface area contributed by atoms with Crippen molar-refractivity contribution in [2.45, 2.75) is 6.42 Å². The van der Waals surface area contributed by atoms with Crippen LogP contribution in [-0.2, 0) is 9.53 Å². The Morgan fingerprint density at radius 1 is 1.68 bits per heavy atom. The SMILES string of the molecule is C=CC1CC(=O)N(c2ncc(Br)nc2C(=O)OC)C1. The number of carbonyl (C=O) groups excluding carboxylic acids is 2. The van der Waals surface area contributed by atoms with Crippen LogP contribution in [0.4, 0.5) is 5.82 Å². The number of amides is 1. The molecule has 2 heterocycles. The number of esters is 1. The molecule has 1 aromatic heterocycles. The lowest BCUT2D eigenvalue weighted by Crippen LogP contribution is -2.28. The summed E-state index contributed by atoms with van der Waals surface area (Å²) in [5.74, 6) is -0.446. The van der Waals surface area contributed by atoms with Crippen LogP contribution < -0.4 is 4.90 Å². The van der Waals surface area contributed by atoms with Crippen molar-refractivity contribution < 1.29 is 14.3 Å². The Balaban J connectivity index is 2.42. The molecule has 19 heavy (non-hydrogen) atoms. The highest BCUT2D eigenvalue weighted by molar-refractivity contribution is 9.10. The minimum atomic E-state index is -0.626. The lowest BCUT2D eigenvalue weighted by Gasteiger charge is -2.17. The predicted octanol–water partition coefficient (Wildman–Crippen LogP) is 1.56. The first-order chi connectivity index (χ1) is 9.06. The van der Waals surface area contributed by atoms with Crippen molar-refractivity contribution in [2.24, 2.45) is 5.92 Å². The first kappa shape index (κ1) is 13.7. The van der Waals surface area contributed by atoms with Gasteiger partial charge in [-0.1, -0.05) is 6.08 Å². The minimum Gasteiger partial charge on any atom is -0.464 e. The topological polar surface area (TPSA) is 72.4 Å². The molecule has 0 radical (unpaired) electrons. The van der Waals surface area contributed by atoms with E-state index in [-0.39, 0.29) is 23.3 Å². The number of hydrogen-bond acceptors (Lipinski definition) is 5. The summed E-state index contributed by atoms with van der Waals surface area (Å²) < 4.78 is 5.07. The highest BCUT2D eigenvalue weighted by Gasteiger charge is 2.33. The van der Waals surface area contributed by atoms with Gasteiger partial charge in [-0.15, -0.1) is 6.58 Å². The van der Waals surface area contributed by atoms with Gasteiger partial charge in [0, 0.05) is 18.9 Å². The maximum atomic E-state index is 11.9. The van der Waals surface area contributed by atoms with E-state index in [0.29, 0.717) is 17.6 Å². The van der Waals surface area contributed by atoms with Gasteiger partial charge in [-0.25, -0.2) is 14.8 Å². The van der Waals surface area contributed by atoms with Crippen molar-refractivity contribution >= 4 is 33.6 Å². The van der Waals surface area contributed by atoms with Crippen LogP contribution in [0.1, 0.15) is 16.9 Å². The Kier molecular flexibility index (Phi) is 3.94. The quantitative estimate of drug-likeness (QED) is 0.623. The first-order valence-corrected chi connectivity index (χ1v) is 6.40. The zero-order valence-corrected chi connectivity index (χ0v) is 11.9. The second-order valence-electron chi connectivity index (χ2n) is 4.06. The van der Waals surface area contributed by atoms with E-state index in [1.165, 1.54) is 18.2 Å². The molecule has 1 saturated heterocycles. The van der Waals surface area contributed by atoms with E-state index in [1.807, 2.05) is 0 Å². The molecular weight excluding hydrogens is 314 g/mol. The second-order valence-corrected chi connectivity index (χ2v) is 4.87. The zero-order chi connectivity index (χ0) is 14.0. The average Bonchev–Trinajstić information content (AvgIpc) is 2.79. The molecule has 0 aromatic carbocycles. The number of methoxy groups -OCH3 is 1.